The SMILES string of the molecule is O=C(C(O)c1ccc(C(F)(F)F)cc1)N1CCCC1c1ccccc1F. The maximum Gasteiger partial charge on any atom is 0.416 e. The Balaban J connectivity index is 1.80. The molecule has 0 aliphatic carbocycles. The summed E-state index contributed by atoms with van der Waals surface area (Å²) in [5, 5.41) is 10.3. The smallest absolute Gasteiger partial charge is 0.378 e. The Kier molecular flexibility index (Phi) is 5.00. The topological polar surface area (TPSA) is 40.5 Å². The van der Waals surface area contributed by atoms with Crippen molar-refractivity contribution in [3.63, 3.8) is 0 Å². The molecule has 1 fully saturated rings. The van der Waals surface area contributed by atoms with Gasteiger partial charge >= 0.3 is 6.18 Å². The number of likely N-dealkylation sites (tertiary alicyclic amines) is 1. The Morgan fingerprint density at radius 1 is 1.12 bits per heavy atom. The van der Waals surface area contributed by atoms with E-state index in [1.165, 1.54) is 11.0 Å². The molecule has 2 unspecified atom stereocenters. The molecule has 1 heterocycles. The maximum atomic E-state index is 14.1. The van der Waals surface area contributed by atoms with Crippen LogP contribution in [0.5, 0.6) is 0 Å². The zero-order valence-corrected chi connectivity index (χ0v) is 13.7. The van der Waals surface area contributed by atoms with Crippen molar-refractivity contribution in [2.75, 3.05) is 6.54 Å². The first kappa shape index (κ1) is 18.4. The van der Waals surface area contributed by atoms with Crippen molar-refractivity contribution in [1.82, 2.24) is 4.90 Å². The number of nitrogens with zero attached hydrogens (tertiary/aromatic N) is 1. The summed E-state index contributed by atoms with van der Waals surface area (Å²) < 4.78 is 51.9. The highest BCUT2D eigenvalue weighted by Gasteiger charge is 2.35. The molecular weight excluding hydrogens is 350 g/mol. The van der Waals surface area contributed by atoms with Crippen molar-refractivity contribution < 1.29 is 27.5 Å². The fourth-order valence-corrected chi connectivity index (χ4v) is 3.25. The predicted molar refractivity (Wildman–Crippen MR) is 86.5 cm³/mol. The third-order valence-electron chi connectivity index (χ3n) is 4.59. The normalized spacial score (nSPS) is 18.8. The van der Waals surface area contributed by atoms with Crippen LogP contribution in [0.3, 0.4) is 0 Å². The molecule has 0 saturated carbocycles. The Morgan fingerprint density at radius 2 is 1.77 bits per heavy atom. The summed E-state index contributed by atoms with van der Waals surface area (Å²) in [6.07, 6.45) is -4.86. The van der Waals surface area contributed by atoms with E-state index in [4.69, 9.17) is 0 Å². The zero-order chi connectivity index (χ0) is 18.9. The fraction of sp³-hybridized carbons (Fsp3) is 0.316. The maximum absolute atomic E-state index is 14.1. The summed E-state index contributed by atoms with van der Waals surface area (Å²) in [6.45, 7) is 0.357. The Labute approximate surface area is 147 Å². The van der Waals surface area contributed by atoms with Crippen LogP contribution in [0.4, 0.5) is 17.6 Å². The van der Waals surface area contributed by atoms with Crippen LogP contribution in [0.1, 0.15) is 41.7 Å². The molecule has 2 atom stereocenters. The van der Waals surface area contributed by atoms with Crippen molar-refractivity contribution in [1.29, 1.82) is 0 Å². The van der Waals surface area contributed by atoms with Crippen molar-refractivity contribution in [3.05, 3.63) is 71.0 Å². The highest BCUT2D eigenvalue weighted by atomic mass is 19.4. The van der Waals surface area contributed by atoms with Gasteiger partial charge in [-0.1, -0.05) is 30.3 Å². The second kappa shape index (κ2) is 7.07. The number of hydrogen-bond acceptors (Lipinski definition) is 2. The van der Waals surface area contributed by atoms with E-state index in [-0.39, 0.29) is 5.56 Å². The lowest BCUT2D eigenvalue weighted by Gasteiger charge is -2.27. The molecule has 3 rings (SSSR count). The van der Waals surface area contributed by atoms with E-state index in [2.05, 4.69) is 0 Å². The standard InChI is InChI=1S/C19H17F4NO2/c20-15-5-2-1-4-14(15)16-6-3-11-24(16)18(26)17(25)12-7-9-13(10-8-12)19(21,22)23/h1-2,4-5,7-10,16-17,25H,3,6,11H2. The summed E-state index contributed by atoms with van der Waals surface area (Å²) in [7, 11) is 0. The molecule has 3 nitrogen and oxygen atoms in total. The average Bonchev–Trinajstić information content (AvgIpc) is 3.09. The summed E-state index contributed by atoms with van der Waals surface area (Å²) in [5.41, 5.74) is -0.411. The van der Waals surface area contributed by atoms with Gasteiger partial charge in [-0.15, -0.1) is 0 Å². The van der Waals surface area contributed by atoms with Crippen LogP contribution in [0.15, 0.2) is 48.5 Å². The Morgan fingerprint density at radius 3 is 2.38 bits per heavy atom. The van der Waals surface area contributed by atoms with Gasteiger partial charge < -0.3 is 10.0 Å². The third kappa shape index (κ3) is 3.58. The highest BCUT2D eigenvalue weighted by Crippen LogP contribution is 2.36. The van der Waals surface area contributed by atoms with Crippen molar-refractivity contribution in [3.8, 4) is 0 Å². The first-order valence-electron chi connectivity index (χ1n) is 8.19. The number of carbonyl (C=O) groups is 1. The molecule has 1 amide bonds. The van der Waals surface area contributed by atoms with Crippen LogP contribution in [-0.2, 0) is 11.0 Å². The van der Waals surface area contributed by atoms with E-state index in [0.29, 0.717) is 24.9 Å². The lowest BCUT2D eigenvalue weighted by Crippen LogP contribution is -2.35. The summed E-state index contributed by atoms with van der Waals surface area (Å²) in [6, 6.07) is 9.45. The zero-order valence-electron chi connectivity index (χ0n) is 13.7. The molecule has 7 heteroatoms. The number of hydrogen-bond donors (Lipinski definition) is 1. The second-order valence-electron chi connectivity index (χ2n) is 6.23. The molecule has 0 bridgehead atoms. The molecule has 0 radical (unpaired) electrons. The number of alkyl halides is 3. The van der Waals surface area contributed by atoms with Gasteiger partial charge in [0.1, 0.15) is 5.82 Å². The first-order valence-corrected chi connectivity index (χ1v) is 8.19. The van der Waals surface area contributed by atoms with E-state index in [1.54, 1.807) is 18.2 Å². The summed E-state index contributed by atoms with van der Waals surface area (Å²) in [5.74, 6) is -1.07. The number of amides is 1. The molecule has 2 aromatic carbocycles. The molecular formula is C19H17F4NO2. The van der Waals surface area contributed by atoms with Gasteiger partial charge in [0.2, 0.25) is 0 Å². The minimum atomic E-state index is -4.49. The van der Waals surface area contributed by atoms with Gasteiger partial charge in [-0.2, -0.15) is 13.2 Å². The van der Waals surface area contributed by atoms with Crippen LogP contribution in [0.2, 0.25) is 0 Å². The fourth-order valence-electron chi connectivity index (χ4n) is 3.25. The number of rotatable bonds is 3. The van der Waals surface area contributed by atoms with Crippen molar-refractivity contribution >= 4 is 5.91 Å². The lowest BCUT2D eigenvalue weighted by atomic mass is 10.0. The van der Waals surface area contributed by atoms with Crippen LogP contribution in [-0.4, -0.2) is 22.5 Å². The average molecular weight is 367 g/mol. The number of halogens is 4. The van der Waals surface area contributed by atoms with Crippen molar-refractivity contribution in [2.45, 2.75) is 31.2 Å². The third-order valence-corrected chi connectivity index (χ3v) is 4.59. The summed E-state index contributed by atoms with van der Waals surface area (Å²) >= 11 is 0. The van der Waals surface area contributed by atoms with Gasteiger partial charge in [-0.25, -0.2) is 4.39 Å². The van der Waals surface area contributed by atoms with E-state index >= 15 is 0 Å². The van der Waals surface area contributed by atoms with E-state index < -0.39 is 35.6 Å². The molecule has 2 aromatic rings. The van der Waals surface area contributed by atoms with E-state index in [0.717, 1.165) is 24.3 Å². The summed E-state index contributed by atoms with van der Waals surface area (Å²) in [4.78, 5) is 14.0. The monoisotopic (exact) mass is 367 g/mol. The van der Waals surface area contributed by atoms with Crippen molar-refractivity contribution in [2.24, 2.45) is 0 Å². The first-order chi connectivity index (χ1) is 12.3. The van der Waals surface area contributed by atoms with Gasteiger partial charge in [-0.05, 0) is 36.6 Å². The molecule has 1 N–H and O–H groups in total. The largest absolute Gasteiger partial charge is 0.416 e. The Hall–Kier alpha value is -2.41. The molecule has 0 aromatic heterocycles. The number of carbonyl (C=O) groups excluding carboxylic acids is 1. The molecule has 0 spiro atoms. The van der Waals surface area contributed by atoms with Crippen LogP contribution in [0.25, 0.3) is 0 Å². The molecule has 1 aliphatic heterocycles. The van der Waals surface area contributed by atoms with Gasteiger partial charge in [-0.3, -0.25) is 4.79 Å². The van der Waals surface area contributed by atoms with Crippen LogP contribution >= 0.6 is 0 Å². The van der Waals surface area contributed by atoms with Crippen LogP contribution in [0, 0.1) is 5.82 Å². The number of aliphatic hydroxyl groups is 1. The van der Waals surface area contributed by atoms with E-state index in [9.17, 15) is 27.5 Å². The van der Waals surface area contributed by atoms with Gasteiger partial charge in [0.25, 0.3) is 5.91 Å². The number of benzene rings is 2. The number of aliphatic hydroxyl groups excluding tert-OH is 1. The van der Waals surface area contributed by atoms with Gasteiger partial charge in [0.05, 0.1) is 11.6 Å². The highest BCUT2D eigenvalue weighted by molar-refractivity contribution is 5.82. The quantitative estimate of drug-likeness (QED) is 0.825. The minimum Gasteiger partial charge on any atom is -0.378 e. The second-order valence-corrected chi connectivity index (χ2v) is 6.23. The molecule has 1 saturated heterocycles. The minimum absolute atomic E-state index is 0.0715. The molecule has 26 heavy (non-hydrogen) atoms. The predicted octanol–water partition coefficient (Wildman–Crippen LogP) is 4.24. The van der Waals surface area contributed by atoms with Gasteiger partial charge in [0.15, 0.2) is 6.10 Å². The Bertz CT molecular complexity index is 789. The van der Waals surface area contributed by atoms with Gasteiger partial charge in [0, 0.05) is 12.1 Å². The lowest BCUT2D eigenvalue weighted by molar-refractivity contribution is -0.141. The molecule has 1 aliphatic rings. The molecule has 138 valence electrons. The van der Waals surface area contributed by atoms with Crippen LogP contribution < -0.4 is 0 Å². The van der Waals surface area contributed by atoms with E-state index in [1.807, 2.05) is 0 Å².